The number of nitrogens with zero attached hydrogens (tertiary/aromatic N) is 3. The molecule has 8 atom stereocenters. The largest absolute Gasteiger partial charge is 0.484 e. The van der Waals surface area contributed by atoms with E-state index in [1.165, 1.54) is 0 Å². The Labute approximate surface area is 199 Å². The number of aldehydes is 1. The van der Waals surface area contributed by atoms with Crippen molar-refractivity contribution in [3.63, 3.8) is 0 Å². The highest BCUT2D eigenvalue weighted by Crippen LogP contribution is 2.62. The summed E-state index contributed by atoms with van der Waals surface area (Å²) in [6.45, 7) is -2.08. The zero-order valence-corrected chi connectivity index (χ0v) is 19.6. The summed E-state index contributed by atoms with van der Waals surface area (Å²) in [7, 11) is -11.1. The van der Waals surface area contributed by atoms with Gasteiger partial charge in [0.2, 0.25) is 0 Å². The van der Waals surface area contributed by atoms with Crippen molar-refractivity contribution < 1.29 is 67.3 Å². The van der Waals surface area contributed by atoms with Crippen molar-refractivity contribution in [2.75, 3.05) is 13.2 Å². The second kappa shape index (κ2) is 11.2. The Kier molecular flexibility index (Phi) is 8.90. The highest BCUT2D eigenvalue weighted by Gasteiger charge is 2.47. The van der Waals surface area contributed by atoms with E-state index >= 15 is 0 Å². The molecule has 8 N–H and O–H groups in total. The smallest absolute Gasteiger partial charge is 0.394 e. The monoisotopic (exact) mass is 560 g/mol. The quantitative estimate of drug-likeness (QED) is 0.0914. The lowest BCUT2D eigenvalue weighted by Gasteiger charge is -2.26. The maximum atomic E-state index is 12.8. The molecular weight excluding hydrogens is 538 g/mol. The van der Waals surface area contributed by atoms with Gasteiger partial charge >= 0.3 is 15.6 Å². The van der Waals surface area contributed by atoms with E-state index in [0.717, 1.165) is 17.2 Å². The number of carbonyl (C=O) groups excluding carboxylic acids is 1. The number of rotatable bonds is 12. The first kappa shape index (κ1) is 28.6. The molecule has 36 heavy (non-hydrogen) atoms. The van der Waals surface area contributed by atoms with E-state index in [2.05, 4.69) is 23.8 Å². The van der Waals surface area contributed by atoms with Crippen molar-refractivity contribution in [1.82, 2.24) is 19.5 Å². The van der Waals surface area contributed by atoms with Crippen molar-refractivity contribution in [2.24, 2.45) is 0 Å². The number of H-pyrrole nitrogens is 1. The summed E-state index contributed by atoms with van der Waals surface area (Å²) in [4.78, 5) is 51.2. The Morgan fingerprint density at radius 2 is 1.92 bits per heavy atom. The number of nitrogens with one attached hydrogen (secondary N) is 1. The van der Waals surface area contributed by atoms with E-state index in [1.807, 2.05) is 0 Å². The van der Waals surface area contributed by atoms with E-state index < -0.39 is 77.3 Å². The molecule has 2 aromatic rings. The molecule has 2 aromatic heterocycles. The van der Waals surface area contributed by atoms with Gasteiger partial charge in [-0.1, -0.05) is 0 Å². The minimum absolute atomic E-state index is 0.0272. The second-order valence-corrected chi connectivity index (χ2v) is 10.4. The molecule has 0 amide bonds. The third kappa shape index (κ3) is 6.29. The molecular formula is C15H22N4O15P2. The summed E-state index contributed by atoms with van der Waals surface area (Å²) < 4.78 is 44.1. The van der Waals surface area contributed by atoms with Crippen LogP contribution in [-0.2, 0) is 32.0 Å². The van der Waals surface area contributed by atoms with Crippen LogP contribution in [0.3, 0.4) is 0 Å². The van der Waals surface area contributed by atoms with Crippen LogP contribution in [0.25, 0.3) is 11.2 Å². The van der Waals surface area contributed by atoms with Crippen LogP contribution in [0.1, 0.15) is 6.23 Å². The van der Waals surface area contributed by atoms with E-state index in [-0.39, 0.29) is 17.5 Å². The number of aromatic amines is 1. The Hall–Kier alpha value is -1.96. The summed E-state index contributed by atoms with van der Waals surface area (Å²) in [5, 5.41) is 48.9. The number of phosphoric ester groups is 1. The first-order chi connectivity index (χ1) is 16.8. The van der Waals surface area contributed by atoms with Crippen LogP contribution in [0.15, 0.2) is 17.4 Å². The Bertz CT molecular complexity index is 1220. The van der Waals surface area contributed by atoms with Crippen LogP contribution < -0.4 is 5.56 Å². The Morgan fingerprint density at radius 1 is 1.22 bits per heavy atom. The number of ether oxygens (including phenoxy) is 1. The molecule has 1 saturated heterocycles. The van der Waals surface area contributed by atoms with Crippen LogP contribution in [-0.4, -0.2) is 111 Å². The first-order valence-corrected chi connectivity index (χ1v) is 12.8. The average Bonchev–Trinajstić information content (AvgIpc) is 3.36. The summed E-state index contributed by atoms with van der Waals surface area (Å²) in [6, 6.07) is 0. The number of fused-ring (bicyclic) bond motifs is 1. The predicted molar refractivity (Wildman–Crippen MR) is 111 cm³/mol. The fourth-order valence-electron chi connectivity index (χ4n) is 3.16. The SMILES string of the molecule is O=C[C@H](OP(=O)(OC[C@H]1O[C@@H](n2cnc3c(=O)[nH]cnc32)[C@H](O)[C@@H]1O)OP(=O)(O)O)[C@H](O)[C@H](O)CO. The van der Waals surface area contributed by atoms with Crippen molar-refractivity contribution in [2.45, 2.75) is 42.9 Å². The third-order valence-electron chi connectivity index (χ3n) is 4.88. The molecule has 0 saturated carbocycles. The predicted octanol–water partition coefficient (Wildman–Crippen LogP) is -3.73. The van der Waals surface area contributed by atoms with Gasteiger partial charge in [0.05, 0.1) is 25.9 Å². The molecule has 1 aliphatic heterocycles. The molecule has 0 radical (unpaired) electrons. The van der Waals surface area contributed by atoms with Gasteiger partial charge in [0.1, 0.15) is 30.5 Å². The fraction of sp³-hybridized carbons (Fsp3) is 0.600. The number of aliphatic hydroxyl groups excluding tert-OH is 5. The van der Waals surface area contributed by atoms with Gasteiger partial charge in [-0.25, -0.2) is 19.1 Å². The Balaban J connectivity index is 1.79. The Morgan fingerprint density at radius 3 is 2.53 bits per heavy atom. The summed E-state index contributed by atoms with van der Waals surface area (Å²) >= 11 is 0. The molecule has 0 spiro atoms. The van der Waals surface area contributed by atoms with Crippen LogP contribution in [0.4, 0.5) is 0 Å². The van der Waals surface area contributed by atoms with E-state index in [0.29, 0.717) is 0 Å². The molecule has 0 aliphatic carbocycles. The van der Waals surface area contributed by atoms with Crippen molar-refractivity contribution >= 4 is 33.1 Å². The molecule has 1 fully saturated rings. The maximum Gasteiger partial charge on any atom is 0.484 e. The van der Waals surface area contributed by atoms with Crippen LogP contribution >= 0.6 is 15.6 Å². The van der Waals surface area contributed by atoms with Crippen molar-refractivity contribution in [1.29, 1.82) is 0 Å². The topological polar surface area (TPSA) is 293 Å². The molecule has 0 aromatic carbocycles. The van der Waals surface area contributed by atoms with E-state index in [9.17, 15) is 39.1 Å². The zero-order chi connectivity index (χ0) is 26.8. The van der Waals surface area contributed by atoms with Gasteiger partial charge in [-0.3, -0.25) is 18.4 Å². The number of aliphatic hydroxyl groups is 5. The normalized spacial score (nSPS) is 27.0. The average molecular weight is 560 g/mol. The molecule has 1 aliphatic rings. The molecule has 1 unspecified atom stereocenters. The van der Waals surface area contributed by atoms with Gasteiger partial charge in [0.15, 0.2) is 29.8 Å². The minimum Gasteiger partial charge on any atom is -0.394 e. The standard InChI is InChI=1S/C15H22N4O15P2/c20-1-6(22)10(23)7(2-21)33-36(30,34-35(27,28)29)31-3-8-11(24)12(25)15(32-8)19-5-18-9-13(19)16-4-17-14(9)26/h2,4-8,10-12,15,20,22-25H,1,3H2,(H,16,17,26)(H2,27,28,29)/t6-,7+,8-,10-,11-,12-,15-,36?/m1/s1. The van der Waals surface area contributed by atoms with Crippen LogP contribution in [0, 0.1) is 0 Å². The van der Waals surface area contributed by atoms with Crippen LogP contribution in [0.2, 0.25) is 0 Å². The van der Waals surface area contributed by atoms with Gasteiger partial charge < -0.3 is 49.8 Å². The summed E-state index contributed by atoms with van der Waals surface area (Å²) in [5.74, 6) is 0. The highest BCUT2D eigenvalue weighted by molar-refractivity contribution is 7.61. The molecule has 19 nitrogen and oxygen atoms in total. The maximum absolute atomic E-state index is 12.8. The van der Waals surface area contributed by atoms with Gasteiger partial charge in [-0.05, 0) is 0 Å². The lowest BCUT2D eigenvalue weighted by molar-refractivity contribution is -0.127. The van der Waals surface area contributed by atoms with Gasteiger partial charge in [0, 0.05) is 0 Å². The number of hydrogen-bond donors (Lipinski definition) is 8. The van der Waals surface area contributed by atoms with Gasteiger partial charge in [0.25, 0.3) is 5.56 Å². The highest BCUT2D eigenvalue weighted by atomic mass is 31.3. The van der Waals surface area contributed by atoms with Crippen LogP contribution in [0.5, 0.6) is 0 Å². The summed E-state index contributed by atoms with van der Waals surface area (Å²) in [5.41, 5.74) is -0.739. The molecule has 0 bridgehead atoms. The third-order valence-corrected chi connectivity index (χ3v) is 7.50. The first-order valence-electron chi connectivity index (χ1n) is 9.84. The number of hydrogen-bond acceptors (Lipinski definition) is 15. The molecule has 21 heteroatoms. The summed E-state index contributed by atoms with van der Waals surface area (Å²) in [6.07, 6.45) is -10.9. The van der Waals surface area contributed by atoms with Gasteiger partial charge in [-0.15, -0.1) is 0 Å². The number of phosphoric acid groups is 2. The second-order valence-electron chi connectivity index (χ2n) is 7.36. The van der Waals surface area contributed by atoms with E-state index in [1.54, 1.807) is 0 Å². The zero-order valence-electron chi connectivity index (χ0n) is 17.8. The van der Waals surface area contributed by atoms with Crippen molar-refractivity contribution in [3.8, 4) is 0 Å². The lowest BCUT2D eigenvalue weighted by atomic mass is 10.1. The number of imidazole rings is 1. The molecule has 3 rings (SSSR count). The lowest BCUT2D eigenvalue weighted by Crippen LogP contribution is -2.41. The fourth-order valence-corrected chi connectivity index (χ4v) is 5.41. The number of carbonyl (C=O) groups is 1. The minimum atomic E-state index is -5.62. The molecule has 202 valence electrons. The van der Waals surface area contributed by atoms with Gasteiger partial charge in [-0.2, -0.15) is 4.31 Å². The number of aromatic nitrogens is 4. The molecule has 3 heterocycles. The van der Waals surface area contributed by atoms with E-state index in [4.69, 9.17) is 24.2 Å². The van der Waals surface area contributed by atoms with Crippen molar-refractivity contribution in [3.05, 3.63) is 23.0 Å².